The number of hydrogen-bond donors (Lipinski definition) is 0. The predicted octanol–water partition coefficient (Wildman–Crippen LogP) is 6.27. The predicted molar refractivity (Wildman–Crippen MR) is 113 cm³/mol. The second kappa shape index (κ2) is 11.7. The van der Waals surface area contributed by atoms with Crippen LogP contribution in [0.2, 0.25) is 0 Å². The molecule has 0 aliphatic rings. The second-order valence-electron chi connectivity index (χ2n) is 10.4. The molecule has 0 rings (SSSR count). The molecule has 0 spiro atoms. The molecule has 0 fully saturated rings. The molecule has 4 heteroatoms. The topological polar surface area (TPSA) is 52.6 Å². The number of carbonyl (C=O) groups excluding carboxylic acids is 2. The Bertz CT molecular complexity index is 438. The highest BCUT2D eigenvalue weighted by Crippen LogP contribution is 2.23. The van der Waals surface area contributed by atoms with Crippen LogP contribution in [0.25, 0.3) is 0 Å². The molecular weight excluding hydrogens is 340 g/mol. The zero-order chi connectivity index (χ0) is 22.2. The molecule has 0 unspecified atom stereocenters. The lowest BCUT2D eigenvalue weighted by atomic mass is 9.86. The van der Waals surface area contributed by atoms with Crippen LogP contribution in [0.5, 0.6) is 0 Å². The summed E-state index contributed by atoms with van der Waals surface area (Å²) in [5.74, 6) is 1.62. The first kappa shape index (κ1) is 28.2. The van der Waals surface area contributed by atoms with Crippen LogP contribution < -0.4 is 0 Å². The van der Waals surface area contributed by atoms with Gasteiger partial charge < -0.3 is 9.47 Å². The summed E-state index contributed by atoms with van der Waals surface area (Å²) in [5, 5.41) is 0. The third-order valence-corrected chi connectivity index (χ3v) is 4.67. The Kier molecular flexibility index (Phi) is 12.2. The van der Waals surface area contributed by atoms with Gasteiger partial charge in [-0.2, -0.15) is 0 Å². The van der Waals surface area contributed by atoms with E-state index in [1.165, 1.54) is 0 Å². The Morgan fingerprint density at radius 3 is 1.41 bits per heavy atom. The highest BCUT2D eigenvalue weighted by atomic mass is 16.6. The average molecular weight is 387 g/mol. The molecule has 0 aliphatic carbocycles. The molecule has 3 atom stereocenters. The lowest BCUT2D eigenvalue weighted by Gasteiger charge is -2.26. The summed E-state index contributed by atoms with van der Waals surface area (Å²) in [7, 11) is 0. The van der Waals surface area contributed by atoms with Gasteiger partial charge in [-0.1, -0.05) is 48.5 Å². The van der Waals surface area contributed by atoms with E-state index < -0.39 is 0 Å². The SMILES string of the molecule is CC(C)[C@@H](C)CC(=O)OC(C)(C)C.CC(C)[C@@H](C)[C@@H](C)C(=O)OC(C)(C)C. The Hall–Kier alpha value is -1.06. The van der Waals surface area contributed by atoms with E-state index >= 15 is 0 Å². The average Bonchev–Trinajstić information content (AvgIpc) is 2.41. The van der Waals surface area contributed by atoms with Crippen LogP contribution in [-0.2, 0) is 19.1 Å². The molecule has 0 heterocycles. The van der Waals surface area contributed by atoms with E-state index in [0.717, 1.165) is 0 Å². The zero-order valence-corrected chi connectivity index (χ0v) is 20.2. The van der Waals surface area contributed by atoms with Crippen molar-refractivity contribution in [1.82, 2.24) is 0 Å². The van der Waals surface area contributed by atoms with Crippen LogP contribution >= 0.6 is 0 Å². The molecule has 0 saturated heterocycles. The van der Waals surface area contributed by atoms with Gasteiger partial charge in [-0.25, -0.2) is 0 Å². The van der Waals surface area contributed by atoms with Crippen molar-refractivity contribution >= 4 is 11.9 Å². The number of rotatable bonds is 6. The molecule has 0 radical (unpaired) electrons. The van der Waals surface area contributed by atoms with Crippen molar-refractivity contribution in [1.29, 1.82) is 0 Å². The van der Waals surface area contributed by atoms with Gasteiger partial charge in [0.05, 0.1) is 5.92 Å². The summed E-state index contributed by atoms with van der Waals surface area (Å²) in [6.45, 7) is 26.0. The highest BCUT2D eigenvalue weighted by Gasteiger charge is 2.27. The molecule has 0 aromatic carbocycles. The van der Waals surface area contributed by atoms with E-state index in [4.69, 9.17) is 9.47 Å². The summed E-state index contributed by atoms with van der Waals surface area (Å²) in [4.78, 5) is 23.0. The van der Waals surface area contributed by atoms with E-state index in [-0.39, 0.29) is 29.1 Å². The quantitative estimate of drug-likeness (QED) is 0.505. The van der Waals surface area contributed by atoms with Crippen LogP contribution in [0.3, 0.4) is 0 Å². The highest BCUT2D eigenvalue weighted by molar-refractivity contribution is 5.72. The normalized spacial score (nSPS) is 15.5. The third-order valence-electron chi connectivity index (χ3n) is 4.67. The molecule has 27 heavy (non-hydrogen) atoms. The minimum Gasteiger partial charge on any atom is -0.460 e. The van der Waals surface area contributed by atoms with Gasteiger partial charge in [-0.3, -0.25) is 9.59 Å². The fourth-order valence-corrected chi connectivity index (χ4v) is 2.07. The molecule has 0 N–H and O–H groups in total. The zero-order valence-electron chi connectivity index (χ0n) is 20.2. The molecule has 0 bridgehead atoms. The van der Waals surface area contributed by atoms with Gasteiger partial charge in [-0.05, 0) is 65.2 Å². The lowest BCUT2D eigenvalue weighted by molar-refractivity contribution is -0.161. The van der Waals surface area contributed by atoms with Gasteiger partial charge in [0, 0.05) is 6.42 Å². The minimum atomic E-state index is -0.373. The van der Waals surface area contributed by atoms with Crippen molar-refractivity contribution in [3.63, 3.8) is 0 Å². The van der Waals surface area contributed by atoms with Crippen LogP contribution in [0, 0.1) is 29.6 Å². The van der Waals surface area contributed by atoms with E-state index in [1.54, 1.807) is 0 Å². The van der Waals surface area contributed by atoms with Gasteiger partial charge in [-0.15, -0.1) is 0 Å². The molecule has 0 aliphatic heterocycles. The van der Waals surface area contributed by atoms with Crippen LogP contribution in [0.15, 0.2) is 0 Å². The summed E-state index contributed by atoms with van der Waals surface area (Å²) < 4.78 is 10.6. The van der Waals surface area contributed by atoms with Crippen molar-refractivity contribution in [3.8, 4) is 0 Å². The van der Waals surface area contributed by atoms with Crippen LogP contribution in [0.4, 0.5) is 0 Å². The van der Waals surface area contributed by atoms with Crippen LogP contribution in [-0.4, -0.2) is 23.1 Å². The standard InChI is InChI=1S/C12H24O2.C11H22O2/c1-8(2)9(3)10(4)11(13)14-12(5,6)7;1-8(2)9(3)7-10(12)13-11(4,5)6/h8-10H,1-7H3;8-9H,7H2,1-6H3/t9-,10-;9-/m10/s1. The number of hydrogen-bond acceptors (Lipinski definition) is 4. The van der Waals surface area contributed by atoms with Crippen molar-refractivity contribution in [2.75, 3.05) is 0 Å². The first-order valence-corrected chi connectivity index (χ1v) is 10.3. The molecule has 162 valence electrons. The van der Waals surface area contributed by atoms with E-state index in [2.05, 4.69) is 41.5 Å². The van der Waals surface area contributed by atoms with Crippen molar-refractivity contribution in [2.24, 2.45) is 29.6 Å². The largest absolute Gasteiger partial charge is 0.460 e. The Morgan fingerprint density at radius 2 is 1.11 bits per heavy atom. The van der Waals surface area contributed by atoms with Crippen molar-refractivity contribution < 1.29 is 19.1 Å². The number of carbonyl (C=O) groups is 2. The summed E-state index contributed by atoms with van der Waals surface area (Å²) >= 11 is 0. The first-order chi connectivity index (χ1) is 11.9. The molecule has 0 aromatic heterocycles. The molecule has 4 nitrogen and oxygen atoms in total. The Labute approximate surface area is 168 Å². The van der Waals surface area contributed by atoms with Crippen molar-refractivity contribution in [3.05, 3.63) is 0 Å². The molecule has 0 aromatic rings. The maximum Gasteiger partial charge on any atom is 0.309 e. The van der Waals surface area contributed by atoms with Crippen LogP contribution in [0.1, 0.15) is 96.4 Å². The summed E-state index contributed by atoms with van der Waals surface area (Å²) in [5.41, 5.74) is -0.726. The van der Waals surface area contributed by atoms with Gasteiger partial charge in [0.2, 0.25) is 0 Å². The minimum absolute atomic E-state index is 0.0192. The molecular formula is C23H46O4. The Morgan fingerprint density at radius 1 is 0.704 bits per heavy atom. The monoisotopic (exact) mass is 386 g/mol. The maximum atomic E-state index is 11.7. The fourth-order valence-electron chi connectivity index (χ4n) is 2.07. The van der Waals surface area contributed by atoms with E-state index in [1.807, 2.05) is 48.5 Å². The smallest absolute Gasteiger partial charge is 0.309 e. The summed E-state index contributed by atoms with van der Waals surface area (Å²) in [6.07, 6.45) is 0.523. The summed E-state index contributed by atoms with van der Waals surface area (Å²) in [6, 6.07) is 0. The van der Waals surface area contributed by atoms with Gasteiger partial charge >= 0.3 is 11.9 Å². The Balaban J connectivity index is 0. The van der Waals surface area contributed by atoms with Gasteiger partial charge in [0.1, 0.15) is 11.2 Å². The maximum absolute atomic E-state index is 11.7. The lowest BCUT2D eigenvalue weighted by Crippen LogP contribution is -2.31. The van der Waals surface area contributed by atoms with Crippen molar-refractivity contribution in [2.45, 2.75) is 108 Å². The van der Waals surface area contributed by atoms with E-state index in [9.17, 15) is 9.59 Å². The van der Waals surface area contributed by atoms with Gasteiger partial charge in [0.15, 0.2) is 0 Å². The first-order valence-electron chi connectivity index (χ1n) is 10.3. The second-order valence-corrected chi connectivity index (χ2v) is 10.4. The number of ether oxygens (including phenoxy) is 2. The molecule has 0 saturated carbocycles. The third kappa shape index (κ3) is 15.7. The fraction of sp³-hybridized carbons (Fsp3) is 0.913. The molecule has 0 amide bonds. The number of esters is 2. The van der Waals surface area contributed by atoms with Gasteiger partial charge in [0.25, 0.3) is 0 Å². The van der Waals surface area contributed by atoms with E-state index in [0.29, 0.717) is 30.1 Å².